The van der Waals surface area contributed by atoms with Gasteiger partial charge in [0.25, 0.3) is 0 Å². The highest BCUT2D eigenvalue weighted by Crippen LogP contribution is 2.25. The van der Waals surface area contributed by atoms with Gasteiger partial charge in [-0.15, -0.1) is 0 Å². The van der Waals surface area contributed by atoms with Crippen LogP contribution in [-0.4, -0.2) is 59.3 Å². The lowest BCUT2D eigenvalue weighted by Gasteiger charge is -2.44. The molecule has 1 aliphatic heterocycles. The number of hydrogen-bond acceptors (Lipinski definition) is 4. The fourth-order valence-electron chi connectivity index (χ4n) is 3.38. The fourth-order valence-corrected chi connectivity index (χ4v) is 3.38. The van der Waals surface area contributed by atoms with Crippen molar-refractivity contribution in [2.24, 2.45) is 5.73 Å². The second-order valence-corrected chi connectivity index (χ2v) is 7.59. The highest BCUT2D eigenvalue weighted by molar-refractivity contribution is 5.68. The van der Waals surface area contributed by atoms with Gasteiger partial charge >= 0.3 is 6.09 Å². The quantitative estimate of drug-likeness (QED) is 0.806. The van der Waals surface area contributed by atoms with E-state index in [1.807, 2.05) is 25.7 Å². The van der Waals surface area contributed by atoms with Crippen LogP contribution in [-0.2, 0) is 4.74 Å². The molecular formula is C16H31N3O2. The summed E-state index contributed by atoms with van der Waals surface area (Å²) in [6, 6.07) is 1.25. The summed E-state index contributed by atoms with van der Waals surface area (Å²) >= 11 is 0. The van der Waals surface area contributed by atoms with E-state index in [1.165, 1.54) is 12.8 Å². The molecule has 1 heterocycles. The van der Waals surface area contributed by atoms with Crippen LogP contribution in [0.2, 0.25) is 0 Å². The Balaban J connectivity index is 1.86. The summed E-state index contributed by atoms with van der Waals surface area (Å²) in [5.74, 6) is 0. The standard InChI is InChI=1S/C16H31N3O2/c1-12-11-18(14-7-5-13(17)6-8-14)9-10-19(12)15(20)21-16(2,3)4/h12-14H,5-11,17H2,1-4H3. The topological polar surface area (TPSA) is 58.8 Å². The van der Waals surface area contributed by atoms with Crippen LogP contribution in [0, 0.1) is 0 Å². The average molecular weight is 297 g/mol. The van der Waals surface area contributed by atoms with Gasteiger partial charge in [0.2, 0.25) is 0 Å². The molecule has 21 heavy (non-hydrogen) atoms. The second-order valence-electron chi connectivity index (χ2n) is 7.59. The summed E-state index contributed by atoms with van der Waals surface area (Å²) in [4.78, 5) is 16.6. The smallest absolute Gasteiger partial charge is 0.410 e. The van der Waals surface area contributed by atoms with E-state index < -0.39 is 5.60 Å². The summed E-state index contributed by atoms with van der Waals surface area (Å²) < 4.78 is 5.49. The monoisotopic (exact) mass is 297 g/mol. The summed E-state index contributed by atoms with van der Waals surface area (Å²) in [6.45, 7) is 10.5. The van der Waals surface area contributed by atoms with Gasteiger partial charge in [-0.2, -0.15) is 0 Å². The van der Waals surface area contributed by atoms with Crippen LogP contribution in [0.3, 0.4) is 0 Å². The van der Waals surface area contributed by atoms with Crippen molar-refractivity contribution in [2.45, 2.75) is 77.1 Å². The Morgan fingerprint density at radius 2 is 1.76 bits per heavy atom. The molecule has 1 amide bonds. The van der Waals surface area contributed by atoms with Gasteiger partial charge in [-0.1, -0.05) is 0 Å². The van der Waals surface area contributed by atoms with Crippen LogP contribution < -0.4 is 5.73 Å². The van der Waals surface area contributed by atoms with Crippen LogP contribution >= 0.6 is 0 Å². The van der Waals surface area contributed by atoms with E-state index >= 15 is 0 Å². The highest BCUT2D eigenvalue weighted by Gasteiger charge is 2.34. The molecule has 1 aliphatic carbocycles. The molecule has 2 fully saturated rings. The minimum atomic E-state index is -0.423. The maximum Gasteiger partial charge on any atom is 0.410 e. The first-order valence-electron chi connectivity index (χ1n) is 8.25. The Morgan fingerprint density at radius 3 is 2.29 bits per heavy atom. The third-order valence-corrected chi connectivity index (χ3v) is 4.54. The van der Waals surface area contributed by atoms with E-state index in [-0.39, 0.29) is 12.1 Å². The van der Waals surface area contributed by atoms with Gasteiger partial charge in [0, 0.05) is 37.8 Å². The van der Waals surface area contributed by atoms with E-state index in [0.717, 1.165) is 32.5 Å². The molecular weight excluding hydrogens is 266 g/mol. The van der Waals surface area contributed by atoms with Gasteiger partial charge in [0.05, 0.1) is 0 Å². The number of ether oxygens (including phenoxy) is 1. The molecule has 2 aliphatic rings. The van der Waals surface area contributed by atoms with Crippen LogP contribution in [0.1, 0.15) is 53.4 Å². The molecule has 2 rings (SSSR count). The molecule has 1 saturated carbocycles. The number of carbonyl (C=O) groups excluding carboxylic acids is 1. The van der Waals surface area contributed by atoms with Crippen molar-refractivity contribution in [1.82, 2.24) is 9.80 Å². The third-order valence-electron chi connectivity index (χ3n) is 4.54. The maximum atomic E-state index is 12.2. The Morgan fingerprint density at radius 1 is 1.14 bits per heavy atom. The number of nitrogens with two attached hydrogens (primary N) is 1. The Hall–Kier alpha value is -0.810. The Kier molecular flexibility index (Phi) is 5.15. The molecule has 1 unspecified atom stereocenters. The lowest BCUT2D eigenvalue weighted by Crippen LogP contribution is -2.57. The molecule has 1 saturated heterocycles. The molecule has 122 valence electrons. The van der Waals surface area contributed by atoms with Crippen molar-refractivity contribution < 1.29 is 9.53 Å². The summed E-state index contributed by atoms with van der Waals surface area (Å²) in [7, 11) is 0. The zero-order valence-corrected chi connectivity index (χ0v) is 14.0. The molecule has 5 heteroatoms. The van der Waals surface area contributed by atoms with E-state index in [0.29, 0.717) is 12.1 Å². The van der Waals surface area contributed by atoms with Gasteiger partial charge in [-0.3, -0.25) is 4.90 Å². The van der Waals surface area contributed by atoms with Gasteiger partial charge in [-0.25, -0.2) is 4.79 Å². The van der Waals surface area contributed by atoms with Crippen LogP contribution in [0.25, 0.3) is 0 Å². The third kappa shape index (κ3) is 4.58. The first-order valence-corrected chi connectivity index (χ1v) is 8.25. The van der Waals surface area contributed by atoms with Crippen LogP contribution in [0.5, 0.6) is 0 Å². The Bertz CT molecular complexity index is 359. The van der Waals surface area contributed by atoms with Crippen molar-refractivity contribution >= 4 is 6.09 Å². The predicted molar refractivity (Wildman–Crippen MR) is 84.2 cm³/mol. The maximum absolute atomic E-state index is 12.2. The molecule has 0 aromatic heterocycles. The van der Waals surface area contributed by atoms with Gasteiger partial charge in [0.1, 0.15) is 5.60 Å². The number of carbonyl (C=O) groups is 1. The second kappa shape index (κ2) is 6.53. The zero-order valence-electron chi connectivity index (χ0n) is 14.0. The number of rotatable bonds is 1. The first kappa shape index (κ1) is 16.6. The molecule has 0 bridgehead atoms. The van der Waals surface area contributed by atoms with Gasteiger partial charge in [0.15, 0.2) is 0 Å². The lowest BCUT2D eigenvalue weighted by molar-refractivity contribution is -0.00742. The Labute approximate surface area is 128 Å². The molecule has 2 N–H and O–H groups in total. The van der Waals surface area contributed by atoms with Crippen LogP contribution in [0.15, 0.2) is 0 Å². The minimum Gasteiger partial charge on any atom is -0.444 e. The van der Waals surface area contributed by atoms with E-state index in [4.69, 9.17) is 10.5 Å². The highest BCUT2D eigenvalue weighted by atomic mass is 16.6. The zero-order chi connectivity index (χ0) is 15.6. The molecule has 0 spiro atoms. The summed E-state index contributed by atoms with van der Waals surface area (Å²) in [5.41, 5.74) is 5.56. The summed E-state index contributed by atoms with van der Waals surface area (Å²) in [5, 5.41) is 0. The van der Waals surface area contributed by atoms with Crippen molar-refractivity contribution in [3.63, 3.8) is 0 Å². The van der Waals surface area contributed by atoms with E-state index in [1.54, 1.807) is 0 Å². The predicted octanol–water partition coefficient (Wildman–Crippen LogP) is 2.20. The lowest BCUT2D eigenvalue weighted by atomic mass is 9.90. The minimum absolute atomic E-state index is 0.180. The summed E-state index contributed by atoms with van der Waals surface area (Å²) in [6.07, 6.45) is 4.47. The van der Waals surface area contributed by atoms with E-state index in [9.17, 15) is 4.79 Å². The van der Waals surface area contributed by atoms with Gasteiger partial charge in [-0.05, 0) is 53.4 Å². The van der Waals surface area contributed by atoms with Crippen molar-refractivity contribution in [3.05, 3.63) is 0 Å². The normalized spacial score (nSPS) is 32.0. The largest absolute Gasteiger partial charge is 0.444 e. The van der Waals surface area contributed by atoms with Crippen molar-refractivity contribution in [3.8, 4) is 0 Å². The van der Waals surface area contributed by atoms with Gasteiger partial charge < -0.3 is 15.4 Å². The molecule has 0 aromatic rings. The van der Waals surface area contributed by atoms with Crippen LogP contribution in [0.4, 0.5) is 4.79 Å². The fraction of sp³-hybridized carbons (Fsp3) is 0.938. The van der Waals surface area contributed by atoms with Crippen molar-refractivity contribution in [2.75, 3.05) is 19.6 Å². The van der Waals surface area contributed by atoms with E-state index in [2.05, 4.69) is 11.8 Å². The number of amides is 1. The number of hydrogen-bond donors (Lipinski definition) is 1. The number of piperazine rings is 1. The number of nitrogens with zero attached hydrogens (tertiary/aromatic N) is 2. The average Bonchev–Trinajstić information content (AvgIpc) is 2.37. The molecule has 1 atom stereocenters. The first-order chi connectivity index (χ1) is 9.76. The molecule has 5 nitrogen and oxygen atoms in total. The molecule has 0 radical (unpaired) electrons. The van der Waals surface area contributed by atoms with Crippen molar-refractivity contribution in [1.29, 1.82) is 0 Å². The molecule has 0 aromatic carbocycles. The SMILES string of the molecule is CC1CN(C2CCC(N)CC2)CCN1C(=O)OC(C)(C)C.